The molecule has 4 heteroatoms. The molecule has 1 amide bonds. The topological polar surface area (TPSA) is 43.8 Å². The van der Waals surface area contributed by atoms with Gasteiger partial charge in [-0.15, -0.1) is 0 Å². The Bertz CT molecular complexity index is 170. The predicted octanol–water partition coefficient (Wildman–Crippen LogP) is -0.511. The molecule has 0 aromatic carbocycles. The van der Waals surface area contributed by atoms with E-state index in [1.807, 2.05) is 11.8 Å². The first kappa shape index (κ1) is 9.48. The molecule has 0 bridgehead atoms. The number of amides is 1. The molecule has 1 atom stereocenters. The molecular weight excluding hydrogens is 156 g/mol. The molecule has 0 aromatic rings. The highest BCUT2D eigenvalue weighted by atomic mass is 16.3. The van der Waals surface area contributed by atoms with E-state index in [0.717, 1.165) is 6.54 Å². The highest BCUT2D eigenvalue weighted by Gasteiger charge is 2.26. The first-order valence-corrected chi connectivity index (χ1v) is 4.31. The second-order valence-corrected chi connectivity index (χ2v) is 3.25. The molecule has 4 nitrogen and oxygen atoms in total. The van der Waals surface area contributed by atoms with Crippen molar-refractivity contribution in [2.75, 3.05) is 26.3 Å². The van der Waals surface area contributed by atoms with Crippen molar-refractivity contribution >= 4 is 5.91 Å². The number of rotatable bonds is 3. The van der Waals surface area contributed by atoms with Gasteiger partial charge in [-0.1, -0.05) is 0 Å². The number of carbonyl (C=O) groups is 1. The number of β-amino-alcohol motifs (C(OH)–C–C–N with tert-alkyl or cyclic N) is 1. The van der Waals surface area contributed by atoms with Gasteiger partial charge in [0, 0.05) is 13.1 Å². The first-order valence-electron chi connectivity index (χ1n) is 4.31. The van der Waals surface area contributed by atoms with Crippen LogP contribution in [0, 0.1) is 0 Å². The molecule has 1 N–H and O–H groups in total. The molecule has 1 aliphatic rings. The lowest BCUT2D eigenvalue weighted by atomic mass is 10.4. The van der Waals surface area contributed by atoms with Crippen LogP contribution >= 0.6 is 0 Å². The van der Waals surface area contributed by atoms with Gasteiger partial charge in [-0.25, -0.2) is 0 Å². The summed E-state index contributed by atoms with van der Waals surface area (Å²) in [6.07, 6.45) is -0.352. The fourth-order valence-corrected chi connectivity index (χ4v) is 1.43. The van der Waals surface area contributed by atoms with Gasteiger partial charge in [-0.05, 0) is 13.8 Å². The van der Waals surface area contributed by atoms with E-state index in [1.165, 1.54) is 0 Å². The lowest BCUT2D eigenvalue weighted by molar-refractivity contribution is -0.126. The van der Waals surface area contributed by atoms with Crippen LogP contribution in [0.4, 0.5) is 0 Å². The fraction of sp³-hybridized carbons (Fsp3) is 0.875. The molecule has 1 heterocycles. The SMILES string of the molecule is CCN1CN(CC(C)O)CC1=O. The zero-order chi connectivity index (χ0) is 9.14. The zero-order valence-corrected chi connectivity index (χ0v) is 7.66. The molecule has 0 radical (unpaired) electrons. The van der Waals surface area contributed by atoms with Gasteiger partial charge in [0.1, 0.15) is 0 Å². The van der Waals surface area contributed by atoms with Crippen molar-refractivity contribution in [3.8, 4) is 0 Å². The molecule has 1 fully saturated rings. The minimum atomic E-state index is -0.352. The van der Waals surface area contributed by atoms with Crippen LogP contribution in [0.5, 0.6) is 0 Å². The third-order valence-electron chi connectivity index (χ3n) is 1.99. The van der Waals surface area contributed by atoms with Gasteiger partial charge in [0.05, 0.1) is 19.3 Å². The Morgan fingerprint density at radius 1 is 1.67 bits per heavy atom. The normalized spacial score (nSPS) is 21.9. The van der Waals surface area contributed by atoms with E-state index in [-0.39, 0.29) is 12.0 Å². The van der Waals surface area contributed by atoms with Gasteiger partial charge < -0.3 is 10.0 Å². The molecule has 1 saturated heterocycles. The maximum absolute atomic E-state index is 11.2. The van der Waals surface area contributed by atoms with Crippen LogP contribution in [-0.4, -0.2) is 53.2 Å². The van der Waals surface area contributed by atoms with Gasteiger partial charge in [-0.3, -0.25) is 9.69 Å². The number of hydrogen-bond donors (Lipinski definition) is 1. The van der Waals surface area contributed by atoms with Crippen molar-refractivity contribution in [3.63, 3.8) is 0 Å². The largest absolute Gasteiger partial charge is 0.392 e. The van der Waals surface area contributed by atoms with E-state index in [9.17, 15) is 4.79 Å². The van der Waals surface area contributed by atoms with Crippen LogP contribution in [0.15, 0.2) is 0 Å². The van der Waals surface area contributed by atoms with Gasteiger partial charge in [0.15, 0.2) is 0 Å². The van der Waals surface area contributed by atoms with Crippen molar-refractivity contribution in [2.45, 2.75) is 20.0 Å². The van der Waals surface area contributed by atoms with Crippen LogP contribution in [0.1, 0.15) is 13.8 Å². The van der Waals surface area contributed by atoms with Gasteiger partial charge in [0.2, 0.25) is 5.91 Å². The lowest BCUT2D eigenvalue weighted by Crippen LogP contribution is -2.31. The highest BCUT2D eigenvalue weighted by Crippen LogP contribution is 2.06. The average Bonchev–Trinajstić information content (AvgIpc) is 2.29. The van der Waals surface area contributed by atoms with Crippen molar-refractivity contribution in [3.05, 3.63) is 0 Å². The number of nitrogens with zero attached hydrogens (tertiary/aromatic N) is 2. The van der Waals surface area contributed by atoms with Crippen LogP contribution in [0.2, 0.25) is 0 Å². The third-order valence-corrected chi connectivity index (χ3v) is 1.99. The van der Waals surface area contributed by atoms with E-state index in [0.29, 0.717) is 19.8 Å². The zero-order valence-electron chi connectivity index (χ0n) is 7.66. The number of aliphatic hydroxyl groups is 1. The van der Waals surface area contributed by atoms with Crippen molar-refractivity contribution < 1.29 is 9.90 Å². The minimum absolute atomic E-state index is 0.165. The molecule has 0 spiro atoms. The summed E-state index contributed by atoms with van der Waals surface area (Å²) in [5, 5.41) is 9.09. The smallest absolute Gasteiger partial charge is 0.237 e. The van der Waals surface area contributed by atoms with Gasteiger partial charge in [0.25, 0.3) is 0 Å². The summed E-state index contributed by atoms with van der Waals surface area (Å²) in [7, 11) is 0. The van der Waals surface area contributed by atoms with Crippen LogP contribution < -0.4 is 0 Å². The Hall–Kier alpha value is -0.610. The third kappa shape index (κ3) is 2.19. The summed E-state index contributed by atoms with van der Waals surface area (Å²) in [5.74, 6) is 0.165. The summed E-state index contributed by atoms with van der Waals surface area (Å²) in [6, 6.07) is 0. The Morgan fingerprint density at radius 2 is 2.33 bits per heavy atom. The van der Waals surface area contributed by atoms with E-state index in [4.69, 9.17) is 5.11 Å². The summed E-state index contributed by atoms with van der Waals surface area (Å²) in [4.78, 5) is 14.9. The van der Waals surface area contributed by atoms with Crippen molar-refractivity contribution in [1.82, 2.24) is 9.80 Å². The molecule has 0 aromatic heterocycles. The van der Waals surface area contributed by atoms with Gasteiger partial charge >= 0.3 is 0 Å². The number of hydrogen-bond acceptors (Lipinski definition) is 3. The standard InChI is InChI=1S/C8H16N2O2/c1-3-10-6-9(4-7(2)11)5-8(10)12/h7,11H,3-6H2,1-2H3. The van der Waals surface area contributed by atoms with E-state index < -0.39 is 0 Å². The van der Waals surface area contributed by atoms with Crippen molar-refractivity contribution in [1.29, 1.82) is 0 Å². The first-order chi connectivity index (χ1) is 5.63. The Labute approximate surface area is 72.8 Å². The van der Waals surface area contributed by atoms with E-state index in [2.05, 4.69) is 0 Å². The Morgan fingerprint density at radius 3 is 2.75 bits per heavy atom. The molecule has 1 rings (SSSR count). The summed E-state index contributed by atoms with van der Waals surface area (Å²) in [5.41, 5.74) is 0. The Kier molecular flexibility index (Phi) is 3.05. The summed E-state index contributed by atoms with van der Waals surface area (Å²) >= 11 is 0. The molecule has 0 saturated carbocycles. The molecule has 1 unspecified atom stereocenters. The van der Waals surface area contributed by atoms with Crippen LogP contribution in [0.3, 0.4) is 0 Å². The average molecular weight is 172 g/mol. The monoisotopic (exact) mass is 172 g/mol. The number of carbonyl (C=O) groups excluding carboxylic acids is 1. The van der Waals surface area contributed by atoms with E-state index in [1.54, 1.807) is 11.8 Å². The maximum atomic E-state index is 11.2. The quantitative estimate of drug-likeness (QED) is 0.623. The van der Waals surface area contributed by atoms with Gasteiger partial charge in [-0.2, -0.15) is 0 Å². The van der Waals surface area contributed by atoms with Crippen LogP contribution in [-0.2, 0) is 4.79 Å². The van der Waals surface area contributed by atoms with Crippen molar-refractivity contribution in [2.24, 2.45) is 0 Å². The minimum Gasteiger partial charge on any atom is -0.392 e. The summed E-state index contributed by atoms with van der Waals surface area (Å²) < 4.78 is 0. The fourth-order valence-electron chi connectivity index (χ4n) is 1.43. The van der Waals surface area contributed by atoms with Crippen LogP contribution in [0.25, 0.3) is 0 Å². The predicted molar refractivity (Wildman–Crippen MR) is 45.5 cm³/mol. The molecule has 0 aliphatic carbocycles. The highest BCUT2D eigenvalue weighted by molar-refractivity contribution is 5.79. The lowest BCUT2D eigenvalue weighted by Gasteiger charge is -2.17. The second-order valence-electron chi connectivity index (χ2n) is 3.25. The second kappa shape index (κ2) is 3.87. The molecular formula is C8H16N2O2. The molecule has 70 valence electrons. The Balaban J connectivity index is 2.38. The van der Waals surface area contributed by atoms with E-state index >= 15 is 0 Å². The molecule has 1 aliphatic heterocycles. The number of likely N-dealkylation sites (N-methyl/N-ethyl adjacent to an activating group) is 1. The number of aliphatic hydroxyl groups excluding tert-OH is 1. The maximum Gasteiger partial charge on any atom is 0.237 e. The molecule has 12 heavy (non-hydrogen) atoms. The summed E-state index contributed by atoms with van der Waals surface area (Å²) in [6.45, 7) is 6.17.